The fourth-order valence-corrected chi connectivity index (χ4v) is 8.75. The summed E-state index contributed by atoms with van der Waals surface area (Å²) in [6.45, 7) is 8.88. The van der Waals surface area contributed by atoms with E-state index >= 15 is 0 Å². The monoisotopic (exact) mass is 754 g/mol. The van der Waals surface area contributed by atoms with Crippen LogP contribution < -0.4 is 0 Å². The quantitative estimate of drug-likeness (QED) is 0.120. The number of hydrogen-bond donors (Lipinski definition) is 0. The second kappa shape index (κ2) is 15.4. The first-order valence-corrected chi connectivity index (χ1v) is 19.7. The lowest BCUT2D eigenvalue weighted by atomic mass is 9.77. The number of fused-ring (bicyclic) bond motifs is 3. The first-order valence-electron chi connectivity index (χ1n) is 18.9. The van der Waals surface area contributed by atoms with Crippen LogP contribution in [-0.2, 0) is 12.0 Å². The van der Waals surface area contributed by atoms with Gasteiger partial charge in [-0.25, -0.2) is 24.9 Å². The molecule has 0 unspecified atom stereocenters. The van der Waals surface area contributed by atoms with Crippen LogP contribution in [-0.4, -0.2) is 33.3 Å². The Balaban J connectivity index is 1.15. The first-order chi connectivity index (χ1) is 27.9. The van der Waals surface area contributed by atoms with Gasteiger partial charge in [0.05, 0.1) is 6.54 Å². The van der Waals surface area contributed by atoms with Crippen molar-refractivity contribution < 1.29 is 0 Å². The van der Waals surface area contributed by atoms with Crippen molar-refractivity contribution in [3.05, 3.63) is 198 Å². The van der Waals surface area contributed by atoms with E-state index in [1.807, 2.05) is 84.9 Å². The maximum absolute atomic E-state index is 5.14. The van der Waals surface area contributed by atoms with Gasteiger partial charge in [-0.3, -0.25) is 4.99 Å². The summed E-state index contributed by atoms with van der Waals surface area (Å²) in [5.74, 6) is 2.78. The third-order valence-electron chi connectivity index (χ3n) is 10.4. The summed E-state index contributed by atoms with van der Waals surface area (Å²) in [4.78, 5) is 32.2. The normalized spacial score (nSPS) is 13.5. The summed E-state index contributed by atoms with van der Waals surface area (Å²) < 4.78 is 0. The van der Waals surface area contributed by atoms with E-state index in [0.717, 1.165) is 33.4 Å². The maximum atomic E-state index is 5.14. The van der Waals surface area contributed by atoms with Gasteiger partial charge >= 0.3 is 0 Å². The molecular weight excluding hydrogens is 717 g/mol. The van der Waals surface area contributed by atoms with Gasteiger partial charge < -0.3 is 0 Å². The van der Waals surface area contributed by atoms with Crippen LogP contribution in [0.2, 0.25) is 0 Å². The lowest BCUT2D eigenvalue weighted by Gasteiger charge is -2.34. The van der Waals surface area contributed by atoms with Crippen LogP contribution in [0.4, 0.5) is 0 Å². The van der Waals surface area contributed by atoms with E-state index in [2.05, 4.69) is 110 Å². The third kappa shape index (κ3) is 7.33. The summed E-state index contributed by atoms with van der Waals surface area (Å²) in [6, 6.07) is 58.0. The van der Waals surface area contributed by atoms with Crippen LogP contribution in [0.3, 0.4) is 0 Å². The van der Waals surface area contributed by atoms with Crippen molar-refractivity contribution in [3.8, 4) is 34.2 Å². The molecule has 0 saturated heterocycles. The summed E-state index contributed by atoms with van der Waals surface area (Å²) in [5.41, 5.74) is 7.90. The second-order valence-electron chi connectivity index (χ2n) is 14.5. The fourth-order valence-electron chi connectivity index (χ4n) is 7.32. The fraction of sp³-hybridized carbons (Fsp3) is 0.0800. The standard InChI is InChI=1S/C50H38N6S/c1-50(2)41-23-12-13-24-43(41)57-44-31-40(27-28-42(44)50)49-55-47(36-18-8-5-9-19-36)54-48(56-49)39-22-14-21-38(30-39)46(53-45(51-3)35-16-6-4-7-17-35)52-32-33-25-26-34-15-10-11-20-37(34)29-33/h4-31H,3,32H2,1-2H3. The highest BCUT2D eigenvalue weighted by Gasteiger charge is 2.33. The molecule has 274 valence electrons. The highest BCUT2D eigenvalue weighted by molar-refractivity contribution is 7.99. The Morgan fingerprint density at radius 1 is 0.526 bits per heavy atom. The summed E-state index contributed by atoms with van der Waals surface area (Å²) in [5, 5.41) is 2.36. The molecule has 0 saturated carbocycles. The molecule has 2 heterocycles. The molecule has 8 aromatic rings. The summed E-state index contributed by atoms with van der Waals surface area (Å²) in [6.07, 6.45) is 0. The highest BCUT2D eigenvalue weighted by Crippen LogP contribution is 2.49. The van der Waals surface area contributed by atoms with Crippen molar-refractivity contribution in [3.63, 3.8) is 0 Å². The average molecular weight is 755 g/mol. The summed E-state index contributed by atoms with van der Waals surface area (Å²) in [7, 11) is 0. The van der Waals surface area contributed by atoms with Crippen molar-refractivity contribution in [2.45, 2.75) is 35.6 Å². The number of nitrogens with zero attached hydrogens (tertiary/aromatic N) is 6. The molecule has 7 aromatic carbocycles. The first kappa shape index (κ1) is 35.8. The van der Waals surface area contributed by atoms with Gasteiger partial charge in [0, 0.05) is 43.0 Å². The number of hydrogen-bond acceptors (Lipinski definition) is 5. The predicted molar refractivity (Wildman–Crippen MR) is 236 cm³/mol. The topological polar surface area (TPSA) is 75.8 Å². The van der Waals surface area contributed by atoms with Crippen molar-refractivity contribution in [2.24, 2.45) is 15.0 Å². The number of aromatic nitrogens is 3. The van der Waals surface area contributed by atoms with Crippen LogP contribution >= 0.6 is 11.8 Å². The Kier molecular flexibility index (Phi) is 9.66. The molecule has 0 amide bonds. The molecule has 0 radical (unpaired) electrons. The zero-order chi connectivity index (χ0) is 38.8. The molecule has 6 nitrogen and oxygen atoms in total. The van der Waals surface area contributed by atoms with Gasteiger partial charge in [0.15, 0.2) is 29.1 Å². The molecule has 0 aliphatic carbocycles. The Morgan fingerprint density at radius 2 is 1.14 bits per heavy atom. The van der Waals surface area contributed by atoms with E-state index in [1.165, 1.54) is 31.7 Å². The second-order valence-corrected chi connectivity index (χ2v) is 15.6. The molecule has 0 atom stereocenters. The predicted octanol–water partition coefficient (Wildman–Crippen LogP) is 11.9. The molecule has 1 aliphatic rings. The third-order valence-corrected chi connectivity index (χ3v) is 11.5. The van der Waals surface area contributed by atoms with E-state index in [9.17, 15) is 0 Å². The van der Waals surface area contributed by atoms with Gasteiger partial charge in [-0.15, -0.1) is 0 Å². The van der Waals surface area contributed by atoms with Gasteiger partial charge in [-0.05, 0) is 58.4 Å². The molecule has 0 spiro atoms. The van der Waals surface area contributed by atoms with Crippen LogP contribution in [0.1, 0.15) is 41.7 Å². The van der Waals surface area contributed by atoms with E-state index in [1.54, 1.807) is 11.8 Å². The largest absolute Gasteiger partial charge is 0.261 e. The van der Waals surface area contributed by atoms with Gasteiger partial charge in [-0.2, -0.15) is 0 Å². The summed E-state index contributed by atoms with van der Waals surface area (Å²) >= 11 is 1.80. The number of amidine groups is 2. The zero-order valence-corrected chi connectivity index (χ0v) is 32.5. The van der Waals surface area contributed by atoms with Gasteiger partial charge in [-0.1, -0.05) is 171 Å². The minimum atomic E-state index is -0.132. The minimum Gasteiger partial charge on any atom is -0.261 e. The van der Waals surface area contributed by atoms with Gasteiger partial charge in [0.1, 0.15) is 0 Å². The van der Waals surface area contributed by atoms with E-state index in [0.29, 0.717) is 35.7 Å². The van der Waals surface area contributed by atoms with Crippen molar-refractivity contribution >= 4 is 40.9 Å². The molecule has 57 heavy (non-hydrogen) atoms. The van der Waals surface area contributed by atoms with Crippen LogP contribution in [0.25, 0.3) is 44.9 Å². The van der Waals surface area contributed by atoms with Gasteiger partial charge in [0.2, 0.25) is 0 Å². The number of aliphatic imine (C=N–C) groups is 3. The molecule has 1 aromatic heterocycles. The Labute approximate surface area is 336 Å². The lowest BCUT2D eigenvalue weighted by Crippen LogP contribution is -2.23. The highest BCUT2D eigenvalue weighted by atomic mass is 32.2. The van der Waals surface area contributed by atoms with Crippen LogP contribution in [0, 0.1) is 0 Å². The average Bonchev–Trinajstić information content (AvgIpc) is 3.27. The van der Waals surface area contributed by atoms with E-state index in [4.69, 9.17) is 24.9 Å². The van der Waals surface area contributed by atoms with Crippen LogP contribution in [0.15, 0.2) is 195 Å². The molecular formula is C50H38N6S. The number of rotatable bonds is 7. The molecule has 9 rings (SSSR count). The molecule has 1 aliphatic heterocycles. The lowest BCUT2D eigenvalue weighted by molar-refractivity contribution is 0.607. The Morgan fingerprint density at radius 3 is 1.91 bits per heavy atom. The molecule has 0 fully saturated rings. The number of benzene rings is 7. The SMILES string of the molecule is C=NC(=NC(=NCc1ccc2ccccc2c1)c1cccc(-c2nc(-c3ccccc3)nc(-c3ccc4c(c3)Sc3ccccc3C4(C)C)n2)c1)c1ccccc1. The molecule has 7 heteroatoms. The van der Waals surface area contributed by atoms with Crippen molar-refractivity contribution in [1.29, 1.82) is 0 Å². The van der Waals surface area contributed by atoms with Crippen LogP contribution in [0.5, 0.6) is 0 Å². The van der Waals surface area contributed by atoms with E-state index < -0.39 is 0 Å². The Hall–Kier alpha value is -6.83. The van der Waals surface area contributed by atoms with Gasteiger partial charge in [0.25, 0.3) is 0 Å². The van der Waals surface area contributed by atoms with E-state index in [-0.39, 0.29) is 5.41 Å². The maximum Gasteiger partial charge on any atom is 0.164 e. The smallest absolute Gasteiger partial charge is 0.164 e. The van der Waals surface area contributed by atoms with Crippen molar-refractivity contribution in [1.82, 2.24) is 15.0 Å². The zero-order valence-electron chi connectivity index (χ0n) is 31.7. The van der Waals surface area contributed by atoms with Crippen molar-refractivity contribution in [2.75, 3.05) is 0 Å². The Bertz CT molecular complexity index is 2850. The minimum absolute atomic E-state index is 0.132. The molecule has 0 bridgehead atoms. The molecule has 0 N–H and O–H groups in total.